The minimum atomic E-state index is 0. The Morgan fingerprint density at radius 2 is 1.07 bits per heavy atom. The Bertz CT molecular complexity index is 1220. The predicted molar refractivity (Wildman–Crippen MR) is 184 cm³/mol. The largest absolute Gasteiger partial charge is 1.00 e. The van der Waals surface area contributed by atoms with Gasteiger partial charge in [0.2, 0.25) is 0 Å². The van der Waals surface area contributed by atoms with Crippen molar-refractivity contribution in [2.45, 2.75) is 118 Å². The van der Waals surface area contributed by atoms with Gasteiger partial charge in [-0.2, -0.15) is 0 Å². The third-order valence-corrected chi connectivity index (χ3v) is 7.97. The van der Waals surface area contributed by atoms with Gasteiger partial charge in [0, 0.05) is 44.3 Å². The average molecular weight is 716 g/mol. The van der Waals surface area contributed by atoms with Gasteiger partial charge in [0.25, 0.3) is 6.33 Å². The normalized spacial score (nSPS) is 13.4. The molecule has 5 rings (SSSR count). The van der Waals surface area contributed by atoms with Crippen LogP contribution in [0, 0.1) is 6.33 Å². The van der Waals surface area contributed by atoms with Crippen LogP contribution in [0.25, 0.3) is 11.4 Å². The Hall–Kier alpha value is -2.55. The molecule has 0 amide bonds. The molecule has 1 radical (unpaired) electrons. The van der Waals surface area contributed by atoms with Gasteiger partial charge in [-0.3, -0.25) is 14.1 Å². The number of halogens is 1. The molecule has 45 heavy (non-hydrogen) atoms. The summed E-state index contributed by atoms with van der Waals surface area (Å²) in [7, 11) is 0. The fourth-order valence-electron chi connectivity index (χ4n) is 5.57. The van der Waals surface area contributed by atoms with Crippen molar-refractivity contribution in [1.29, 1.82) is 0 Å². The second kappa shape index (κ2) is 21.3. The molecular weight excluding hydrogens is 661 g/mol. The number of rotatable bonds is 6. The van der Waals surface area contributed by atoms with Crippen LogP contribution in [0.5, 0.6) is 0 Å². The van der Waals surface area contributed by atoms with Crippen LogP contribution >= 0.6 is 0 Å². The van der Waals surface area contributed by atoms with Gasteiger partial charge in [0.1, 0.15) is 0 Å². The molecule has 2 aromatic heterocycles. The third kappa shape index (κ3) is 12.3. The Morgan fingerprint density at radius 3 is 1.44 bits per heavy atom. The van der Waals surface area contributed by atoms with Gasteiger partial charge in [0.05, 0.1) is 11.4 Å². The van der Waals surface area contributed by atoms with Crippen molar-refractivity contribution in [2.24, 2.45) is 0 Å². The first-order chi connectivity index (χ1) is 20.7. The Kier molecular flexibility index (Phi) is 19.1. The number of hydrogen-bond donors (Lipinski definition) is 0. The summed E-state index contributed by atoms with van der Waals surface area (Å²) in [6, 6.07) is 19.1. The van der Waals surface area contributed by atoms with Crippen LogP contribution in [0.4, 0.5) is 0 Å². The molecule has 3 nitrogen and oxygen atoms in total. The summed E-state index contributed by atoms with van der Waals surface area (Å²) in [4.78, 5) is 3.78. The standard InChI is InChI=1S/C27H36N2.C8H14.C5H5N.ClH.Rh/c1-18(2)22-11-9-12-23(19(3)4)26(22)28-15-16-29(17-28)27-24(20(5)6)13-10-14-25(27)21(7)8;1-2-4-6-8-7-5-3-1;1-2-4-6-5-3-1;;/h9-16,18-21H,1-8H3;1-2H,3-8H2;1-5H;1H;/p-1/b;2-1-;;;. The summed E-state index contributed by atoms with van der Waals surface area (Å²) in [5.41, 5.74) is 8.05. The number of allylic oxidation sites excluding steroid dienone is 2. The van der Waals surface area contributed by atoms with E-state index >= 15 is 0 Å². The van der Waals surface area contributed by atoms with Crippen LogP contribution in [0.15, 0.2) is 91.5 Å². The number of hydrogen-bond acceptors (Lipinski definition) is 1. The van der Waals surface area contributed by atoms with Crippen molar-refractivity contribution >= 4 is 0 Å². The monoisotopic (exact) mass is 715 g/mol. The first kappa shape index (κ1) is 40.5. The van der Waals surface area contributed by atoms with E-state index < -0.39 is 0 Å². The second-order valence-electron chi connectivity index (χ2n) is 12.8. The molecule has 0 fully saturated rings. The van der Waals surface area contributed by atoms with Crippen LogP contribution in [0.2, 0.25) is 0 Å². The molecular formula is C40H55ClN3Rh-. The van der Waals surface area contributed by atoms with Gasteiger partial charge >= 0.3 is 0 Å². The van der Waals surface area contributed by atoms with E-state index in [2.05, 4.69) is 137 Å². The van der Waals surface area contributed by atoms with Crippen LogP contribution in [-0.4, -0.2) is 9.55 Å². The molecule has 2 heterocycles. The molecule has 0 saturated heterocycles. The number of imidazole rings is 1. The fraction of sp³-hybridized carbons (Fsp3) is 0.450. The van der Waals surface area contributed by atoms with Crippen molar-refractivity contribution < 1.29 is 36.5 Å². The quantitative estimate of drug-likeness (QED) is 0.0858. The predicted octanol–water partition coefficient (Wildman–Crippen LogP) is 8.03. The molecule has 0 atom stereocenters. The maximum atomic E-state index is 3.78. The zero-order chi connectivity index (χ0) is 31.2. The van der Waals surface area contributed by atoms with Gasteiger partial charge in [-0.1, -0.05) is 123 Å². The summed E-state index contributed by atoms with van der Waals surface area (Å²) in [5, 5.41) is 0. The van der Waals surface area contributed by atoms with Crippen molar-refractivity contribution in [2.75, 3.05) is 0 Å². The molecule has 5 heteroatoms. The number of benzene rings is 2. The third-order valence-electron chi connectivity index (χ3n) is 7.97. The summed E-state index contributed by atoms with van der Waals surface area (Å²) in [5.74, 6) is 1.84. The maximum absolute atomic E-state index is 3.78. The van der Waals surface area contributed by atoms with E-state index in [1.54, 1.807) is 12.4 Å². The minimum absolute atomic E-state index is 0. The molecule has 0 aliphatic heterocycles. The SMILES string of the molecule is C1=C\CCCCCC/1.CC(C)c1cccc(C(C)C)c1-n1[c-][n+](-c2c(C(C)C)cccc2C(C)C)cc1.[Cl-].[Rh].c1ccncc1. The van der Waals surface area contributed by atoms with E-state index in [1.807, 2.05) is 18.2 Å². The second-order valence-corrected chi connectivity index (χ2v) is 12.8. The van der Waals surface area contributed by atoms with Crippen LogP contribution in [-0.2, 0) is 19.5 Å². The Labute approximate surface area is 293 Å². The number of pyridine rings is 1. The number of aromatic nitrogens is 3. The molecule has 1 aliphatic rings. The molecule has 0 spiro atoms. The van der Waals surface area contributed by atoms with E-state index in [1.165, 1.54) is 72.2 Å². The van der Waals surface area contributed by atoms with E-state index in [-0.39, 0.29) is 31.9 Å². The molecule has 4 aromatic rings. The molecule has 0 unspecified atom stereocenters. The number of para-hydroxylation sites is 2. The van der Waals surface area contributed by atoms with E-state index in [0.717, 1.165) is 0 Å². The summed E-state index contributed by atoms with van der Waals surface area (Å²) >= 11 is 0. The minimum Gasteiger partial charge on any atom is -1.00 e. The van der Waals surface area contributed by atoms with Crippen molar-refractivity contribution in [1.82, 2.24) is 9.55 Å². The summed E-state index contributed by atoms with van der Waals surface area (Å²) in [6.07, 6.45) is 24.5. The van der Waals surface area contributed by atoms with E-state index in [9.17, 15) is 0 Å². The fourth-order valence-corrected chi connectivity index (χ4v) is 5.57. The molecule has 0 N–H and O–H groups in total. The van der Waals surface area contributed by atoms with Gasteiger partial charge in [-0.25, -0.2) is 0 Å². The molecule has 1 aliphatic carbocycles. The van der Waals surface area contributed by atoms with Crippen LogP contribution in [0.3, 0.4) is 0 Å². The van der Waals surface area contributed by atoms with Gasteiger partial charge in [-0.05, 0) is 83.7 Å². The average Bonchev–Trinajstić information content (AvgIpc) is 3.47. The van der Waals surface area contributed by atoms with Crippen LogP contribution in [0.1, 0.15) is 140 Å². The zero-order valence-corrected chi connectivity index (χ0v) is 31.2. The zero-order valence-electron chi connectivity index (χ0n) is 28.8. The van der Waals surface area contributed by atoms with Gasteiger partial charge in [-0.15, -0.1) is 0 Å². The maximum Gasteiger partial charge on any atom is 0.268 e. The molecule has 0 saturated carbocycles. The first-order valence-corrected chi connectivity index (χ1v) is 16.5. The molecule has 2 aromatic carbocycles. The van der Waals surface area contributed by atoms with Crippen molar-refractivity contribution in [3.8, 4) is 11.4 Å². The Balaban J connectivity index is 0.000000519. The van der Waals surface area contributed by atoms with Crippen LogP contribution < -0.4 is 17.0 Å². The first-order valence-electron chi connectivity index (χ1n) is 16.5. The molecule has 247 valence electrons. The molecule has 0 bridgehead atoms. The van der Waals surface area contributed by atoms with Gasteiger partial charge in [0.15, 0.2) is 0 Å². The summed E-state index contributed by atoms with van der Waals surface area (Å²) in [6.45, 7) is 18.2. The topological polar surface area (TPSA) is 21.7 Å². The Morgan fingerprint density at radius 1 is 0.622 bits per heavy atom. The van der Waals surface area contributed by atoms with Gasteiger partial charge < -0.3 is 12.4 Å². The smallest absolute Gasteiger partial charge is 0.268 e. The van der Waals surface area contributed by atoms with Crippen molar-refractivity contribution in [3.05, 3.63) is 120 Å². The van der Waals surface area contributed by atoms with E-state index in [4.69, 9.17) is 0 Å². The van der Waals surface area contributed by atoms with Crippen molar-refractivity contribution in [3.63, 3.8) is 0 Å². The summed E-state index contributed by atoms with van der Waals surface area (Å²) < 4.78 is 4.40. The van der Waals surface area contributed by atoms with E-state index in [0.29, 0.717) is 23.7 Å². The number of nitrogens with zero attached hydrogens (tertiary/aromatic N) is 3.